The lowest BCUT2D eigenvalue weighted by Crippen LogP contribution is -2.23. The maximum Gasteiger partial charge on any atom is 0.184 e. The van der Waals surface area contributed by atoms with Gasteiger partial charge in [0.15, 0.2) is 9.84 Å². The molecule has 1 aromatic rings. The molecular weight excluding hydrogens is 204 g/mol. The molecule has 1 unspecified atom stereocenters. The number of benzene rings is 1. The monoisotopic (exact) mass is 214 g/mol. The van der Waals surface area contributed by atoms with Gasteiger partial charge < -0.3 is 9.84 Å². The van der Waals surface area contributed by atoms with Gasteiger partial charge in [-0.1, -0.05) is 12.1 Å². The minimum atomic E-state index is -3.40. The summed E-state index contributed by atoms with van der Waals surface area (Å²) in [5.74, 6) is 0.0494. The first kappa shape index (κ1) is 9.48. The van der Waals surface area contributed by atoms with Gasteiger partial charge in [0.25, 0.3) is 0 Å². The Morgan fingerprint density at radius 3 is 2.86 bits per heavy atom. The van der Waals surface area contributed by atoms with Gasteiger partial charge in [0.2, 0.25) is 0 Å². The Morgan fingerprint density at radius 1 is 1.36 bits per heavy atom. The molecule has 2 rings (SSSR count). The van der Waals surface area contributed by atoms with Gasteiger partial charge >= 0.3 is 0 Å². The van der Waals surface area contributed by atoms with E-state index in [0.717, 1.165) is 0 Å². The molecule has 4 nitrogen and oxygen atoms in total. The van der Waals surface area contributed by atoms with Crippen molar-refractivity contribution in [1.29, 1.82) is 0 Å². The Labute approximate surface area is 82.1 Å². The molecule has 1 aliphatic heterocycles. The molecule has 0 saturated heterocycles. The SMILES string of the molecule is O=S1(=O)CC(O)COc2ccccc21. The van der Waals surface area contributed by atoms with Crippen molar-refractivity contribution in [2.45, 2.75) is 11.0 Å². The van der Waals surface area contributed by atoms with Crippen LogP contribution < -0.4 is 4.74 Å². The number of aliphatic hydroxyl groups excluding tert-OH is 1. The average molecular weight is 214 g/mol. The molecule has 0 bridgehead atoms. The molecule has 0 aliphatic carbocycles. The van der Waals surface area contributed by atoms with Crippen molar-refractivity contribution in [3.05, 3.63) is 24.3 Å². The van der Waals surface area contributed by atoms with Gasteiger partial charge in [-0.15, -0.1) is 0 Å². The zero-order valence-electron chi connectivity index (χ0n) is 7.38. The van der Waals surface area contributed by atoms with Crippen LogP contribution in [-0.2, 0) is 9.84 Å². The third kappa shape index (κ3) is 1.60. The van der Waals surface area contributed by atoms with Crippen molar-refractivity contribution < 1.29 is 18.3 Å². The van der Waals surface area contributed by atoms with Gasteiger partial charge in [0, 0.05) is 0 Å². The maximum atomic E-state index is 11.7. The molecule has 0 aromatic heterocycles. The number of ether oxygens (including phenoxy) is 1. The third-order valence-corrected chi connectivity index (χ3v) is 3.86. The highest BCUT2D eigenvalue weighted by Crippen LogP contribution is 2.27. The summed E-state index contributed by atoms with van der Waals surface area (Å²) >= 11 is 0. The van der Waals surface area contributed by atoms with E-state index in [-0.39, 0.29) is 17.3 Å². The van der Waals surface area contributed by atoms with Crippen LogP contribution in [0.15, 0.2) is 29.2 Å². The van der Waals surface area contributed by atoms with Gasteiger partial charge in [0.1, 0.15) is 23.4 Å². The molecule has 14 heavy (non-hydrogen) atoms. The molecule has 1 aromatic carbocycles. The first-order valence-corrected chi connectivity index (χ1v) is 5.87. The summed E-state index contributed by atoms with van der Waals surface area (Å²) in [5, 5.41) is 9.29. The summed E-state index contributed by atoms with van der Waals surface area (Å²) in [6.07, 6.45) is -0.951. The van der Waals surface area contributed by atoms with Crippen LogP contribution in [0.3, 0.4) is 0 Å². The predicted molar refractivity (Wildman–Crippen MR) is 50.0 cm³/mol. The molecule has 76 valence electrons. The molecule has 0 fully saturated rings. The standard InChI is InChI=1S/C9H10O4S/c10-7-5-13-8-3-1-2-4-9(8)14(11,12)6-7/h1-4,7,10H,5-6H2. The minimum Gasteiger partial charge on any atom is -0.489 e. The number of fused-ring (bicyclic) bond motifs is 1. The summed E-state index contributed by atoms with van der Waals surface area (Å²) in [6.45, 7) is 0.0241. The molecule has 1 heterocycles. The van der Waals surface area contributed by atoms with Crippen molar-refractivity contribution in [3.8, 4) is 5.75 Å². The second kappa shape index (κ2) is 3.25. The van der Waals surface area contributed by atoms with Crippen molar-refractivity contribution in [2.24, 2.45) is 0 Å². The number of aliphatic hydroxyl groups is 1. The number of para-hydroxylation sites is 1. The highest BCUT2D eigenvalue weighted by molar-refractivity contribution is 7.91. The fourth-order valence-corrected chi connectivity index (χ4v) is 2.91. The molecule has 5 heteroatoms. The molecule has 0 radical (unpaired) electrons. The van der Waals surface area contributed by atoms with Gasteiger partial charge in [-0.05, 0) is 12.1 Å². The summed E-state index contributed by atoms with van der Waals surface area (Å²) in [7, 11) is -3.40. The fourth-order valence-electron chi connectivity index (χ4n) is 1.40. The van der Waals surface area contributed by atoms with Crippen LogP contribution >= 0.6 is 0 Å². The Kier molecular flexibility index (Phi) is 2.20. The molecule has 0 spiro atoms. The summed E-state index contributed by atoms with van der Waals surface area (Å²) in [6, 6.07) is 6.41. The highest BCUT2D eigenvalue weighted by Gasteiger charge is 2.27. The van der Waals surface area contributed by atoms with Crippen LogP contribution in [0.2, 0.25) is 0 Å². The van der Waals surface area contributed by atoms with E-state index < -0.39 is 15.9 Å². The highest BCUT2D eigenvalue weighted by atomic mass is 32.2. The van der Waals surface area contributed by atoms with Crippen LogP contribution in [0.5, 0.6) is 5.75 Å². The summed E-state index contributed by atoms with van der Waals surface area (Å²) in [4.78, 5) is 0.163. The van der Waals surface area contributed by atoms with E-state index in [4.69, 9.17) is 4.74 Å². The smallest absolute Gasteiger partial charge is 0.184 e. The van der Waals surface area contributed by atoms with E-state index in [1.54, 1.807) is 18.2 Å². The normalized spacial score (nSPS) is 24.5. The van der Waals surface area contributed by atoms with E-state index in [2.05, 4.69) is 0 Å². The largest absolute Gasteiger partial charge is 0.489 e. The zero-order valence-corrected chi connectivity index (χ0v) is 8.20. The third-order valence-electron chi connectivity index (χ3n) is 2.03. The van der Waals surface area contributed by atoms with Crippen LogP contribution in [0.25, 0.3) is 0 Å². The molecule has 0 saturated carbocycles. The van der Waals surface area contributed by atoms with E-state index in [1.807, 2.05) is 0 Å². The number of hydrogen-bond donors (Lipinski definition) is 1. The molecule has 1 aliphatic rings. The van der Waals surface area contributed by atoms with Crippen molar-refractivity contribution in [2.75, 3.05) is 12.4 Å². The zero-order chi connectivity index (χ0) is 10.2. The summed E-state index contributed by atoms with van der Waals surface area (Å²) in [5.41, 5.74) is 0. The lowest BCUT2D eigenvalue weighted by molar-refractivity contribution is 0.126. The first-order valence-electron chi connectivity index (χ1n) is 4.22. The van der Waals surface area contributed by atoms with E-state index in [0.29, 0.717) is 5.75 Å². The van der Waals surface area contributed by atoms with Crippen molar-refractivity contribution in [1.82, 2.24) is 0 Å². The number of rotatable bonds is 0. The number of sulfone groups is 1. The minimum absolute atomic E-state index is 0.0241. The molecular formula is C9H10O4S. The van der Waals surface area contributed by atoms with Crippen LogP contribution in [-0.4, -0.2) is 32.0 Å². The van der Waals surface area contributed by atoms with Gasteiger partial charge in [-0.3, -0.25) is 0 Å². The second-order valence-electron chi connectivity index (χ2n) is 3.19. The van der Waals surface area contributed by atoms with Crippen LogP contribution in [0, 0.1) is 0 Å². The van der Waals surface area contributed by atoms with Gasteiger partial charge in [-0.2, -0.15) is 0 Å². The number of hydrogen-bond acceptors (Lipinski definition) is 4. The van der Waals surface area contributed by atoms with Crippen molar-refractivity contribution >= 4 is 9.84 Å². The van der Waals surface area contributed by atoms with Gasteiger partial charge in [-0.25, -0.2) is 8.42 Å². The predicted octanol–water partition coefficient (Wildman–Crippen LogP) is 0.214. The lowest BCUT2D eigenvalue weighted by atomic mass is 10.3. The Bertz CT molecular complexity index is 438. The Hall–Kier alpha value is -1.07. The van der Waals surface area contributed by atoms with E-state index in [1.165, 1.54) is 6.07 Å². The quantitative estimate of drug-likeness (QED) is 0.670. The lowest BCUT2D eigenvalue weighted by Gasteiger charge is -2.05. The van der Waals surface area contributed by atoms with Crippen LogP contribution in [0.4, 0.5) is 0 Å². The second-order valence-corrected chi connectivity index (χ2v) is 5.20. The maximum absolute atomic E-state index is 11.7. The Balaban J connectivity index is 2.57. The fraction of sp³-hybridized carbons (Fsp3) is 0.333. The van der Waals surface area contributed by atoms with Crippen LogP contribution in [0.1, 0.15) is 0 Å². The average Bonchev–Trinajstić information content (AvgIpc) is 2.24. The van der Waals surface area contributed by atoms with E-state index >= 15 is 0 Å². The van der Waals surface area contributed by atoms with E-state index in [9.17, 15) is 13.5 Å². The molecule has 1 atom stereocenters. The summed E-state index contributed by atoms with van der Waals surface area (Å²) < 4.78 is 28.5. The Morgan fingerprint density at radius 2 is 2.07 bits per heavy atom. The molecule has 1 N–H and O–H groups in total. The molecule has 0 amide bonds. The van der Waals surface area contributed by atoms with Crippen molar-refractivity contribution in [3.63, 3.8) is 0 Å². The van der Waals surface area contributed by atoms with Gasteiger partial charge in [0.05, 0.1) is 5.75 Å². The first-order chi connectivity index (χ1) is 6.59. The topological polar surface area (TPSA) is 63.6 Å².